The third-order valence-electron chi connectivity index (χ3n) is 6.22. The average Bonchev–Trinajstić information content (AvgIpc) is 2.88. The van der Waals surface area contributed by atoms with Crippen molar-refractivity contribution in [3.8, 4) is 5.75 Å². The third kappa shape index (κ3) is 9.35. The highest BCUT2D eigenvalue weighted by Crippen LogP contribution is 2.28. The minimum absolute atomic E-state index is 0.00844. The lowest BCUT2D eigenvalue weighted by Crippen LogP contribution is -2.43. The first kappa shape index (κ1) is 30.6. The Labute approximate surface area is 229 Å². The Morgan fingerprint density at radius 2 is 1.77 bits per heavy atom. The van der Waals surface area contributed by atoms with E-state index in [2.05, 4.69) is 20.3 Å². The molecular weight excluding hydrogens is 548 g/mol. The molecule has 0 unspecified atom stereocenters. The summed E-state index contributed by atoms with van der Waals surface area (Å²) in [6.07, 6.45) is 1.70. The monoisotopic (exact) mass is 584 g/mol. The predicted molar refractivity (Wildman–Crippen MR) is 148 cm³/mol. The van der Waals surface area contributed by atoms with E-state index in [1.165, 1.54) is 18.2 Å². The Kier molecular flexibility index (Phi) is 10.6. The van der Waals surface area contributed by atoms with Crippen LogP contribution in [0.5, 0.6) is 5.75 Å². The van der Waals surface area contributed by atoms with Crippen LogP contribution in [0.15, 0.2) is 47.4 Å². The van der Waals surface area contributed by atoms with Crippen molar-refractivity contribution in [1.82, 2.24) is 10.6 Å². The highest BCUT2D eigenvalue weighted by atomic mass is 32.2. The SMILES string of the molecule is CCOC(=O)CNCS(=O)(=O)c1ccc(N2CCC(NC[C@@H](O)c3ccc(O)c(NS(C)(=O)=O)c3)CC2)cc1. The number of esters is 1. The van der Waals surface area contributed by atoms with E-state index in [1.807, 2.05) is 0 Å². The van der Waals surface area contributed by atoms with Gasteiger partial charge < -0.3 is 25.2 Å². The van der Waals surface area contributed by atoms with Crippen molar-refractivity contribution in [2.45, 2.75) is 36.8 Å². The maximum Gasteiger partial charge on any atom is 0.319 e. The molecule has 0 spiro atoms. The number of carbonyl (C=O) groups excluding carboxylic acids is 1. The number of nitrogens with one attached hydrogen (secondary N) is 3. The van der Waals surface area contributed by atoms with Crippen molar-refractivity contribution in [3.05, 3.63) is 48.0 Å². The number of phenolic OH excluding ortho intramolecular Hbond substituents is 1. The molecule has 2 aromatic carbocycles. The van der Waals surface area contributed by atoms with Gasteiger partial charge in [0.25, 0.3) is 0 Å². The van der Waals surface area contributed by atoms with Gasteiger partial charge in [-0.3, -0.25) is 14.8 Å². The third-order valence-corrected chi connectivity index (χ3v) is 8.39. The number of ether oxygens (including phenoxy) is 1. The van der Waals surface area contributed by atoms with Crippen LogP contribution in [0.1, 0.15) is 31.4 Å². The van der Waals surface area contributed by atoms with Crippen molar-refractivity contribution < 1.29 is 36.6 Å². The molecule has 0 aromatic heterocycles. The summed E-state index contributed by atoms with van der Waals surface area (Å²) in [5, 5.41) is 26.4. The second-order valence-corrected chi connectivity index (χ2v) is 13.1. The number of aromatic hydroxyl groups is 1. The summed E-state index contributed by atoms with van der Waals surface area (Å²) in [6.45, 7) is 3.47. The van der Waals surface area contributed by atoms with Gasteiger partial charge >= 0.3 is 5.97 Å². The van der Waals surface area contributed by atoms with E-state index in [0.29, 0.717) is 5.56 Å². The molecule has 0 amide bonds. The standard InChI is InChI=1S/C25H36N4O8S2/c1-3-37-25(32)16-26-17-39(35,36)21-7-5-20(6-8-21)29-12-10-19(11-13-29)27-15-24(31)18-4-9-23(30)22(14-18)28-38(2,33)34/h4-9,14,19,24,26-28,30-31H,3,10-13,15-17H2,1-2H3/t24-/m1/s1. The van der Waals surface area contributed by atoms with E-state index in [1.54, 1.807) is 31.2 Å². The molecule has 14 heteroatoms. The summed E-state index contributed by atoms with van der Waals surface area (Å²) in [6, 6.07) is 11.1. The van der Waals surface area contributed by atoms with Gasteiger partial charge in [-0.2, -0.15) is 0 Å². The first-order valence-corrected chi connectivity index (χ1v) is 16.1. The summed E-state index contributed by atoms with van der Waals surface area (Å²) < 4.78 is 55.0. The molecule has 2 aromatic rings. The van der Waals surface area contributed by atoms with Crippen LogP contribution in [0, 0.1) is 0 Å². The maximum absolute atomic E-state index is 12.5. The lowest BCUT2D eigenvalue weighted by atomic mass is 10.0. The summed E-state index contributed by atoms with van der Waals surface area (Å²) in [5.74, 6) is -1.10. The number of aliphatic hydroxyl groups excluding tert-OH is 1. The van der Waals surface area contributed by atoms with E-state index >= 15 is 0 Å². The number of hydrogen-bond donors (Lipinski definition) is 5. The van der Waals surface area contributed by atoms with Crippen molar-refractivity contribution in [1.29, 1.82) is 0 Å². The molecule has 1 atom stereocenters. The number of anilines is 2. The first-order chi connectivity index (χ1) is 18.4. The van der Waals surface area contributed by atoms with Gasteiger partial charge in [0.2, 0.25) is 10.0 Å². The summed E-state index contributed by atoms with van der Waals surface area (Å²) in [5.41, 5.74) is 1.38. The molecule has 1 aliphatic heterocycles. The van der Waals surface area contributed by atoms with E-state index in [4.69, 9.17) is 4.74 Å². The number of aliphatic hydroxyl groups is 1. The minimum Gasteiger partial charge on any atom is -0.506 e. The number of carbonyl (C=O) groups is 1. The van der Waals surface area contributed by atoms with Crippen LogP contribution in [0.25, 0.3) is 0 Å². The number of hydrogen-bond acceptors (Lipinski definition) is 11. The lowest BCUT2D eigenvalue weighted by Gasteiger charge is -2.34. The van der Waals surface area contributed by atoms with Gasteiger partial charge in [0.1, 0.15) is 11.6 Å². The molecule has 12 nitrogen and oxygen atoms in total. The lowest BCUT2D eigenvalue weighted by molar-refractivity contribution is -0.141. The molecule has 0 radical (unpaired) electrons. The molecule has 0 bridgehead atoms. The number of phenols is 1. The molecule has 3 rings (SSSR count). The molecule has 216 valence electrons. The van der Waals surface area contributed by atoms with Crippen molar-refractivity contribution >= 4 is 37.2 Å². The number of rotatable bonds is 13. The van der Waals surface area contributed by atoms with Crippen molar-refractivity contribution in [2.24, 2.45) is 0 Å². The van der Waals surface area contributed by atoms with Crippen LogP contribution in [-0.4, -0.2) is 84.0 Å². The highest BCUT2D eigenvalue weighted by Gasteiger charge is 2.22. The molecule has 0 aliphatic carbocycles. The second-order valence-electron chi connectivity index (χ2n) is 9.32. The Morgan fingerprint density at radius 3 is 2.38 bits per heavy atom. The predicted octanol–water partition coefficient (Wildman–Crippen LogP) is 0.940. The van der Waals surface area contributed by atoms with Gasteiger partial charge in [-0.25, -0.2) is 16.8 Å². The second kappa shape index (κ2) is 13.4. The molecule has 39 heavy (non-hydrogen) atoms. The fraction of sp³-hybridized carbons (Fsp3) is 0.480. The molecular formula is C25H36N4O8S2. The van der Waals surface area contributed by atoms with Crippen LogP contribution < -0.4 is 20.3 Å². The van der Waals surface area contributed by atoms with Gasteiger partial charge in [0, 0.05) is 31.4 Å². The Morgan fingerprint density at radius 1 is 1.10 bits per heavy atom. The molecule has 1 aliphatic rings. The molecule has 0 saturated carbocycles. The number of benzene rings is 2. The fourth-order valence-electron chi connectivity index (χ4n) is 4.23. The average molecular weight is 585 g/mol. The number of sulfone groups is 1. The number of nitrogens with zero attached hydrogens (tertiary/aromatic N) is 1. The van der Waals surface area contributed by atoms with Gasteiger partial charge in [-0.05, 0) is 61.7 Å². The summed E-state index contributed by atoms with van der Waals surface area (Å²) in [4.78, 5) is 13.7. The van der Waals surface area contributed by atoms with E-state index in [0.717, 1.165) is 37.9 Å². The topological polar surface area (TPSA) is 174 Å². The molecule has 1 heterocycles. The van der Waals surface area contributed by atoms with Crippen molar-refractivity contribution in [2.75, 3.05) is 54.5 Å². The van der Waals surface area contributed by atoms with Crippen LogP contribution in [0.4, 0.5) is 11.4 Å². The van der Waals surface area contributed by atoms with Gasteiger partial charge in [-0.15, -0.1) is 0 Å². The number of sulfonamides is 1. The zero-order chi connectivity index (χ0) is 28.6. The number of piperidine rings is 1. The zero-order valence-corrected chi connectivity index (χ0v) is 23.6. The van der Waals surface area contributed by atoms with Crippen LogP contribution >= 0.6 is 0 Å². The Balaban J connectivity index is 1.47. The van der Waals surface area contributed by atoms with E-state index < -0.39 is 31.9 Å². The molecule has 5 N–H and O–H groups in total. The van der Waals surface area contributed by atoms with E-state index in [-0.39, 0.29) is 47.9 Å². The largest absolute Gasteiger partial charge is 0.506 e. The Bertz CT molecular complexity index is 1330. The van der Waals surface area contributed by atoms with Crippen molar-refractivity contribution in [3.63, 3.8) is 0 Å². The van der Waals surface area contributed by atoms with Crippen LogP contribution in [0.3, 0.4) is 0 Å². The van der Waals surface area contributed by atoms with Crippen LogP contribution in [0.2, 0.25) is 0 Å². The minimum atomic E-state index is -3.60. The van der Waals surface area contributed by atoms with Gasteiger partial charge in [-0.1, -0.05) is 6.07 Å². The quantitative estimate of drug-likeness (QED) is 0.167. The van der Waals surface area contributed by atoms with Crippen LogP contribution in [-0.2, 0) is 29.4 Å². The normalized spacial score (nSPS) is 15.6. The summed E-state index contributed by atoms with van der Waals surface area (Å²) in [7, 11) is -7.18. The first-order valence-electron chi connectivity index (χ1n) is 12.5. The van der Waals surface area contributed by atoms with E-state index in [9.17, 15) is 31.8 Å². The maximum atomic E-state index is 12.5. The highest BCUT2D eigenvalue weighted by molar-refractivity contribution is 7.92. The molecule has 1 saturated heterocycles. The molecule has 1 fully saturated rings. The Hall–Kier alpha value is -2.91. The van der Waals surface area contributed by atoms with Gasteiger partial charge in [0.15, 0.2) is 9.84 Å². The smallest absolute Gasteiger partial charge is 0.319 e. The summed E-state index contributed by atoms with van der Waals surface area (Å²) >= 11 is 0. The van der Waals surface area contributed by atoms with Gasteiger partial charge in [0.05, 0.1) is 36.1 Å². The fourth-order valence-corrected chi connectivity index (χ4v) is 5.88. The zero-order valence-electron chi connectivity index (χ0n) is 22.0.